The molecule has 4 nitrogen and oxygen atoms in total. The first-order chi connectivity index (χ1) is 9.70. The van der Waals surface area contributed by atoms with Crippen LogP contribution in [0.15, 0.2) is 0 Å². The van der Waals surface area contributed by atoms with Gasteiger partial charge in [0, 0.05) is 12.6 Å². The molecule has 4 heteroatoms. The average molecular weight is 283 g/mol. The molecule has 2 rings (SSSR count). The molecule has 0 aromatic heterocycles. The molecule has 0 bridgehead atoms. The maximum atomic E-state index is 11.9. The molecule has 2 aliphatic rings. The molecular formula is C16H29NO3. The van der Waals surface area contributed by atoms with Crippen LogP contribution in [-0.4, -0.2) is 37.4 Å². The van der Waals surface area contributed by atoms with Crippen molar-refractivity contribution in [2.75, 3.05) is 13.2 Å². The van der Waals surface area contributed by atoms with E-state index in [-0.39, 0.29) is 12.0 Å². The Bertz CT molecular complexity index is 304. The Morgan fingerprint density at radius 1 is 1.25 bits per heavy atom. The number of nitrogens with one attached hydrogen (secondary N) is 1. The Balaban J connectivity index is 1.71. The topological polar surface area (TPSA) is 47.6 Å². The fraction of sp³-hybridized carbons (Fsp3) is 0.938. The number of hydrogen-bond acceptors (Lipinski definition) is 4. The zero-order valence-corrected chi connectivity index (χ0v) is 12.9. The Morgan fingerprint density at radius 2 is 2.00 bits per heavy atom. The summed E-state index contributed by atoms with van der Waals surface area (Å²) in [5.41, 5.74) is 0. The quantitative estimate of drug-likeness (QED) is 0.696. The molecular weight excluding hydrogens is 254 g/mol. The predicted molar refractivity (Wildman–Crippen MR) is 78.6 cm³/mol. The number of esters is 1. The van der Waals surface area contributed by atoms with E-state index in [4.69, 9.17) is 9.47 Å². The van der Waals surface area contributed by atoms with E-state index < -0.39 is 0 Å². The lowest BCUT2D eigenvalue weighted by molar-refractivity contribution is -0.146. The van der Waals surface area contributed by atoms with E-state index in [0.717, 1.165) is 6.42 Å². The summed E-state index contributed by atoms with van der Waals surface area (Å²) in [6.07, 6.45) is 8.50. The molecule has 2 aliphatic carbocycles. The van der Waals surface area contributed by atoms with Gasteiger partial charge in [-0.2, -0.15) is 0 Å². The van der Waals surface area contributed by atoms with Crippen LogP contribution in [0.5, 0.6) is 0 Å². The summed E-state index contributed by atoms with van der Waals surface area (Å²) in [7, 11) is 0. The lowest BCUT2D eigenvalue weighted by atomic mass is 9.88. The van der Waals surface area contributed by atoms with Crippen molar-refractivity contribution in [2.24, 2.45) is 5.92 Å². The second-order valence-corrected chi connectivity index (χ2v) is 6.21. The predicted octanol–water partition coefficient (Wildman–Crippen LogP) is 2.66. The van der Waals surface area contributed by atoms with Crippen molar-refractivity contribution in [1.82, 2.24) is 5.32 Å². The second-order valence-electron chi connectivity index (χ2n) is 6.21. The van der Waals surface area contributed by atoms with Gasteiger partial charge in [-0.25, -0.2) is 0 Å². The normalized spacial score (nSPS) is 28.1. The minimum atomic E-state index is -0.193. The summed E-state index contributed by atoms with van der Waals surface area (Å²) < 4.78 is 11.1. The standard InChI is InChI=1S/C16H29NO3/c1-3-19-16(18)14(17-13-8-9-13)10-11-20-15-7-5-4-6-12(15)2/h12-15,17H,3-11H2,1-2H3. The Morgan fingerprint density at radius 3 is 2.65 bits per heavy atom. The molecule has 0 aliphatic heterocycles. The largest absolute Gasteiger partial charge is 0.465 e. The highest BCUT2D eigenvalue weighted by atomic mass is 16.5. The van der Waals surface area contributed by atoms with E-state index in [1.54, 1.807) is 0 Å². The van der Waals surface area contributed by atoms with Crippen LogP contribution in [0.2, 0.25) is 0 Å². The van der Waals surface area contributed by atoms with Crippen LogP contribution in [0.1, 0.15) is 58.8 Å². The molecule has 1 N–H and O–H groups in total. The molecule has 116 valence electrons. The van der Waals surface area contributed by atoms with Gasteiger partial charge >= 0.3 is 5.97 Å². The van der Waals surface area contributed by atoms with Crippen LogP contribution in [0.3, 0.4) is 0 Å². The number of ether oxygens (including phenoxy) is 2. The minimum Gasteiger partial charge on any atom is -0.465 e. The maximum Gasteiger partial charge on any atom is 0.323 e. The Labute approximate surface area is 122 Å². The van der Waals surface area contributed by atoms with Gasteiger partial charge in [-0.15, -0.1) is 0 Å². The fourth-order valence-corrected chi connectivity index (χ4v) is 2.91. The average Bonchev–Trinajstić information content (AvgIpc) is 3.24. The summed E-state index contributed by atoms with van der Waals surface area (Å²) in [5.74, 6) is 0.529. The zero-order chi connectivity index (χ0) is 14.4. The summed E-state index contributed by atoms with van der Waals surface area (Å²) in [4.78, 5) is 11.9. The van der Waals surface area contributed by atoms with Gasteiger partial charge in [0.1, 0.15) is 6.04 Å². The van der Waals surface area contributed by atoms with Crippen LogP contribution >= 0.6 is 0 Å². The summed E-state index contributed by atoms with van der Waals surface area (Å²) in [6.45, 7) is 5.22. The summed E-state index contributed by atoms with van der Waals surface area (Å²) in [5, 5.41) is 3.37. The Hall–Kier alpha value is -0.610. The molecule has 0 spiro atoms. The summed E-state index contributed by atoms with van der Waals surface area (Å²) in [6, 6.07) is 0.319. The van der Waals surface area contributed by atoms with Crippen LogP contribution in [-0.2, 0) is 14.3 Å². The monoisotopic (exact) mass is 283 g/mol. The molecule has 0 saturated heterocycles. The molecule has 20 heavy (non-hydrogen) atoms. The van der Waals surface area contributed by atoms with Crippen LogP contribution in [0, 0.1) is 5.92 Å². The third kappa shape index (κ3) is 5.06. The van der Waals surface area contributed by atoms with Crippen molar-refractivity contribution in [3.05, 3.63) is 0 Å². The van der Waals surface area contributed by atoms with Gasteiger partial charge in [0.2, 0.25) is 0 Å². The lowest BCUT2D eigenvalue weighted by Gasteiger charge is -2.29. The Kier molecular flexibility index (Phi) is 6.30. The first-order valence-corrected chi connectivity index (χ1v) is 8.25. The first-order valence-electron chi connectivity index (χ1n) is 8.25. The van der Waals surface area contributed by atoms with Gasteiger partial charge in [-0.1, -0.05) is 19.8 Å². The first kappa shape index (κ1) is 15.8. The van der Waals surface area contributed by atoms with Gasteiger partial charge < -0.3 is 14.8 Å². The van der Waals surface area contributed by atoms with Crippen molar-refractivity contribution in [3.63, 3.8) is 0 Å². The highest BCUT2D eigenvalue weighted by Crippen LogP contribution is 2.26. The number of hydrogen-bond donors (Lipinski definition) is 1. The van der Waals surface area contributed by atoms with Crippen LogP contribution < -0.4 is 5.32 Å². The van der Waals surface area contributed by atoms with Crippen LogP contribution in [0.4, 0.5) is 0 Å². The van der Waals surface area contributed by atoms with E-state index in [0.29, 0.717) is 31.3 Å². The van der Waals surface area contributed by atoms with Crippen molar-refractivity contribution < 1.29 is 14.3 Å². The van der Waals surface area contributed by atoms with Crippen molar-refractivity contribution >= 4 is 5.97 Å². The van der Waals surface area contributed by atoms with Gasteiger partial charge in [0.05, 0.1) is 12.7 Å². The minimum absolute atomic E-state index is 0.125. The van der Waals surface area contributed by atoms with E-state index in [1.165, 1.54) is 38.5 Å². The smallest absolute Gasteiger partial charge is 0.323 e. The molecule has 0 amide bonds. The van der Waals surface area contributed by atoms with E-state index in [2.05, 4.69) is 12.2 Å². The molecule has 2 fully saturated rings. The zero-order valence-electron chi connectivity index (χ0n) is 12.9. The van der Waals surface area contributed by atoms with E-state index in [9.17, 15) is 4.79 Å². The maximum absolute atomic E-state index is 11.9. The molecule has 3 atom stereocenters. The van der Waals surface area contributed by atoms with Crippen molar-refractivity contribution in [3.8, 4) is 0 Å². The number of rotatable bonds is 8. The van der Waals surface area contributed by atoms with E-state index >= 15 is 0 Å². The molecule has 2 saturated carbocycles. The van der Waals surface area contributed by atoms with Crippen LogP contribution in [0.25, 0.3) is 0 Å². The van der Waals surface area contributed by atoms with E-state index in [1.807, 2.05) is 6.92 Å². The highest BCUT2D eigenvalue weighted by Gasteiger charge is 2.29. The molecule has 0 aromatic rings. The summed E-state index contributed by atoms with van der Waals surface area (Å²) >= 11 is 0. The van der Waals surface area contributed by atoms with Gasteiger partial charge in [0.25, 0.3) is 0 Å². The van der Waals surface area contributed by atoms with Gasteiger partial charge in [-0.3, -0.25) is 4.79 Å². The third-order valence-electron chi connectivity index (χ3n) is 4.36. The highest BCUT2D eigenvalue weighted by molar-refractivity contribution is 5.75. The lowest BCUT2D eigenvalue weighted by Crippen LogP contribution is -2.40. The second kappa shape index (κ2) is 7.99. The molecule has 0 radical (unpaired) electrons. The number of carbonyl (C=O) groups is 1. The van der Waals surface area contributed by atoms with Crippen molar-refractivity contribution in [2.45, 2.75) is 77.0 Å². The van der Waals surface area contributed by atoms with Gasteiger partial charge in [0.15, 0.2) is 0 Å². The number of carbonyl (C=O) groups excluding carboxylic acids is 1. The fourth-order valence-electron chi connectivity index (χ4n) is 2.91. The SMILES string of the molecule is CCOC(=O)C(CCOC1CCCCC1C)NC1CC1. The molecule has 3 unspecified atom stereocenters. The molecule has 0 heterocycles. The van der Waals surface area contributed by atoms with Gasteiger partial charge in [-0.05, 0) is 44.9 Å². The van der Waals surface area contributed by atoms with Crippen molar-refractivity contribution in [1.29, 1.82) is 0 Å². The molecule has 0 aromatic carbocycles. The third-order valence-corrected chi connectivity index (χ3v) is 4.36.